The first-order valence-electron chi connectivity index (χ1n) is 4.13. The van der Waals surface area contributed by atoms with Crippen molar-refractivity contribution in [3.05, 3.63) is 0 Å². The van der Waals surface area contributed by atoms with Gasteiger partial charge in [-0.2, -0.15) is 0 Å². The van der Waals surface area contributed by atoms with Crippen molar-refractivity contribution in [3.63, 3.8) is 0 Å². The Morgan fingerprint density at radius 1 is 1.25 bits per heavy atom. The third-order valence-electron chi connectivity index (χ3n) is 1.79. The van der Waals surface area contributed by atoms with Gasteiger partial charge < -0.3 is 14.6 Å². The zero-order valence-electron chi connectivity index (χ0n) is 8.63. The van der Waals surface area contributed by atoms with Gasteiger partial charge >= 0.3 is 0 Å². The number of ether oxygens (including phenoxy) is 2. The van der Waals surface area contributed by atoms with Crippen LogP contribution in [0.3, 0.4) is 0 Å². The molecule has 0 bridgehead atoms. The Balaban J connectivity index is 4.14. The number of methoxy groups -OCH3 is 2. The molecule has 0 aliphatic rings. The normalized spacial score (nSPS) is 17.5. The third-order valence-corrected chi connectivity index (χ3v) is 1.79. The second kappa shape index (κ2) is 4.80. The maximum Gasteiger partial charge on any atom is 0.104 e. The highest BCUT2D eigenvalue weighted by atomic mass is 16.5. The minimum Gasteiger partial charge on any atom is -0.388 e. The fourth-order valence-corrected chi connectivity index (χ4v) is 1.35. The molecule has 74 valence electrons. The average molecular weight is 176 g/mol. The van der Waals surface area contributed by atoms with Gasteiger partial charge in [0.05, 0.1) is 12.7 Å². The van der Waals surface area contributed by atoms with E-state index in [0.717, 1.165) is 0 Å². The summed E-state index contributed by atoms with van der Waals surface area (Å²) < 4.78 is 10.1. The molecular weight excluding hydrogens is 156 g/mol. The number of rotatable bonds is 4. The summed E-state index contributed by atoms with van der Waals surface area (Å²) in [5, 5.41) is 9.59. The molecule has 0 saturated heterocycles. The van der Waals surface area contributed by atoms with E-state index in [9.17, 15) is 5.11 Å². The first kappa shape index (κ1) is 11.9. The second-order valence-corrected chi connectivity index (χ2v) is 4.05. The maximum atomic E-state index is 9.59. The molecule has 1 N–H and O–H groups in total. The molecule has 0 rings (SSSR count). The average Bonchev–Trinajstić information content (AvgIpc) is 1.85. The van der Waals surface area contributed by atoms with E-state index in [2.05, 4.69) is 0 Å². The highest BCUT2D eigenvalue weighted by Crippen LogP contribution is 2.24. The van der Waals surface area contributed by atoms with Crippen LogP contribution in [0.2, 0.25) is 0 Å². The molecule has 0 saturated carbocycles. The molecule has 0 heterocycles. The van der Waals surface area contributed by atoms with Crippen LogP contribution in [0.15, 0.2) is 0 Å². The molecule has 0 aromatic carbocycles. The molecule has 0 spiro atoms. The van der Waals surface area contributed by atoms with Gasteiger partial charge in [-0.05, 0) is 5.41 Å². The number of hydrogen-bond donors (Lipinski definition) is 1. The van der Waals surface area contributed by atoms with Crippen molar-refractivity contribution < 1.29 is 14.6 Å². The number of aliphatic hydroxyl groups is 1. The molecule has 3 heteroatoms. The minimum absolute atomic E-state index is 0.0628. The van der Waals surface area contributed by atoms with E-state index >= 15 is 0 Å². The van der Waals surface area contributed by atoms with Crippen molar-refractivity contribution in [3.8, 4) is 0 Å². The minimum atomic E-state index is -0.556. The fourth-order valence-electron chi connectivity index (χ4n) is 1.35. The van der Waals surface area contributed by atoms with Crippen molar-refractivity contribution in [2.75, 3.05) is 20.8 Å². The van der Waals surface area contributed by atoms with Gasteiger partial charge in [0.15, 0.2) is 0 Å². The predicted molar refractivity (Wildman–Crippen MR) is 48.1 cm³/mol. The lowest BCUT2D eigenvalue weighted by Gasteiger charge is -2.32. The summed E-state index contributed by atoms with van der Waals surface area (Å²) >= 11 is 0. The van der Waals surface area contributed by atoms with Crippen LogP contribution in [0.5, 0.6) is 0 Å². The van der Waals surface area contributed by atoms with E-state index in [0.29, 0.717) is 6.61 Å². The molecule has 0 amide bonds. The zero-order chi connectivity index (χ0) is 9.78. The van der Waals surface area contributed by atoms with Crippen molar-refractivity contribution in [2.45, 2.75) is 33.0 Å². The lowest BCUT2D eigenvalue weighted by atomic mass is 9.86. The molecule has 0 radical (unpaired) electrons. The molecule has 12 heavy (non-hydrogen) atoms. The maximum absolute atomic E-state index is 9.59. The summed E-state index contributed by atoms with van der Waals surface area (Å²) in [4.78, 5) is 0. The fraction of sp³-hybridized carbons (Fsp3) is 1.00. The smallest absolute Gasteiger partial charge is 0.104 e. The molecular formula is C9H20O3. The quantitative estimate of drug-likeness (QED) is 0.696. The summed E-state index contributed by atoms with van der Waals surface area (Å²) in [7, 11) is 3.17. The molecule has 2 atom stereocenters. The Bertz CT molecular complexity index is 117. The van der Waals surface area contributed by atoms with Crippen molar-refractivity contribution in [1.82, 2.24) is 0 Å². The largest absolute Gasteiger partial charge is 0.388 e. The molecule has 2 unspecified atom stereocenters. The van der Waals surface area contributed by atoms with Crippen LogP contribution in [0.1, 0.15) is 20.8 Å². The second-order valence-electron chi connectivity index (χ2n) is 4.05. The van der Waals surface area contributed by atoms with Gasteiger partial charge in [0.2, 0.25) is 0 Å². The summed E-state index contributed by atoms with van der Waals surface area (Å²) in [6.07, 6.45) is -0.738. The van der Waals surface area contributed by atoms with Gasteiger partial charge in [-0.25, -0.2) is 0 Å². The Labute approximate surface area is 74.7 Å². The van der Waals surface area contributed by atoms with Gasteiger partial charge in [0.1, 0.15) is 6.10 Å². The standard InChI is InChI=1S/C9H20O3/c1-9(2,3)8(12-5)7(10)6-11-4/h7-8,10H,6H2,1-5H3. The van der Waals surface area contributed by atoms with Crippen LogP contribution < -0.4 is 0 Å². The topological polar surface area (TPSA) is 38.7 Å². The lowest BCUT2D eigenvalue weighted by molar-refractivity contribution is -0.0931. The van der Waals surface area contributed by atoms with Crippen molar-refractivity contribution in [1.29, 1.82) is 0 Å². The van der Waals surface area contributed by atoms with E-state index in [-0.39, 0.29) is 11.5 Å². The van der Waals surface area contributed by atoms with E-state index in [1.807, 2.05) is 20.8 Å². The molecule has 0 aromatic heterocycles. The number of hydrogen-bond acceptors (Lipinski definition) is 3. The Morgan fingerprint density at radius 3 is 2.00 bits per heavy atom. The highest BCUT2D eigenvalue weighted by molar-refractivity contribution is 4.80. The van der Waals surface area contributed by atoms with Gasteiger partial charge in [0.25, 0.3) is 0 Å². The van der Waals surface area contributed by atoms with Crippen LogP contribution in [0.25, 0.3) is 0 Å². The Hall–Kier alpha value is -0.120. The summed E-state index contributed by atoms with van der Waals surface area (Å²) in [5.74, 6) is 0. The van der Waals surface area contributed by atoms with Crippen LogP contribution >= 0.6 is 0 Å². The first-order chi connectivity index (χ1) is 5.43. The lowest BCUT2D eigenvalue weighted by Crippen LogP contribution is -2.41. The van der Waals surface area contributed by atoms with Crippen molar-refractivity contribution in [2.24, 2.45) is 5.41 Å². The first-order valence-corrected chi connectivity index (χ1v) is 4.13. The van der Waals surface area contributed by atoms with E-state index < -0.39 is 6.10 Å². The zero-order valence-corrected chi connectivity index (χ0v) is 8.63. The molecule has 3 nitrogen and oxygen atoms in total. The SMILES string of the molecule is COCC(O)C(OC)C(C)(C)C. The molecule has 0 aliphatic heterocycles. The van der Waals surface area contributed by atoms with E-state index in [1.54, 1.807) is 14.2 Å². The summed E-state index contributed by atoms with van der Waals surface area (Å²) in [6.45, 7) is 6.40. The Morgan fingerprint density at radius 2 is 1.75 bits per heavy atom. The van der Waals surface area contributed by atoms with Gasteiger partial charge in [-0.1, -0.05) is 20.8 Å². The van der Waals surface area contributed by atoms with Crippen LogP contribution in [-0.4, -0.2) is 38.1 Å². The van der Waals surface area contributed by atoms with Crippen LogP contribution in [0.4, 0.5) is 0 Å². The van der Waals surface area contributed by atoms with Crippen molar-refractivity contribution >= 4 is 0 Å². The van der Waals surface area contributed by atoms with Crippen LogP contribution in [0, 0.1) is 5.41 Å². The third kappa shape index (κ3) is 3.52. The molecule has 0 fully saturated rings. The summed E-state index contributed by atoms with van der Waals surface area (Å²) in [6, 6.07) is 0. The van der Waals surface area contributed by atoms with Crippen LogP contribution in [-0.2, 0) is 9.47 Å². The van der Waals surface area contributed by atoms with Gasteiger partial charge in [0, 0.05) is 14.2 Å². The van der Waals surface area contributed by atoms with Gasteiger partial charge in [-0.15, -0.1) is 0 Å². The monoisotopic (exact) mass is 176 g/mol. The van der Waals surface area contributed by atoms with E-state index in [4.69, 9.17) is 9.47 Å². The number of aliphatic hydroxyl groups excluding tert-OH is 1. The van der Waals surface area contributed by atoms with Gasteiger partial charge in [-0.3, -0.25) is 0 Å². The summed E-state index contributed by atoms with van der Waals surface area (Å²) in [5.41, 5.74) is -0.0628. The Kier molecular flexibility index (Phi) is 4.75. The molecule has 0 aliphatic carbocycles. The molecule has 0 aromatic rings. The predicted octanol–water partition coefficient (Wildman–Crippen LogP) is 1.05. The van der Waals surface area contributed by atoms with E-state index in [1.165, 1.54) is 0 Å². The highest BCUT2D eigenvalue weighted by Gasteiger charge is 2.30.